The van der Waals surface area contributed by atoms with E-state index in [1.54, 1.807) is 17.6 Å². The maximum Gasteiger partial charge on any atom is 0.152 e. The highest BCUT2D eigenvalue weighted by Crippen LogP contribution is 2.23. The van der Waals surface area contributed by atoms with E-state index in [9.17, 15) is 0 Å². The van der Waals surface area contributed by atoms with Crippen molar-refractivity contribution in [3.05, 3.63) is 29.8 Å². The minimum absolute atomic E-state index is 0.862. The maximum absolute atomic E-state index is 5.24. The molecule has 12 heavy (non-hydrogen) atoms. The minimum atomic E-state index is 0.862. The summed E-state index contributed by atoms with van der Waals surface area (Å²) in [5.74, 6) is 0. The Hall–Kier alpha value is -1.35. The number of rotatable bonds is 0. The topological polar surface area (TPSA) is 26.0 Å². The van der Waals surface area contributed by atoms with Crippen LogP contribution in [-0.4, -0.2) is 4.98 Å². The van der Waals surface area contributed by atoms with Gasteiger partial charge in [-0.05, 0) is 17.5 Å². The first-order valence-corrected chi connectivity index (χ1v) is 4.53. The van der Waals surface area contributed by atoms with E-state index < -0.39 is 0 Å². The SMILES string of the molecule is c1cc2nc3sccc3cc2o1. The standard InChI is InChI=1S/C9H5NOS/c1-3-11-8-5-6-2-4-12-9(6)10-7(1)8/h1-5H. The molecule has 0 saturated carbocycles. The van der Waals surface area contributed by atoms with Gasteiger partial charge in [-0.1, -0.05) is 0 Å². The number of hydrogen-bond donors (Lipinski definition) is 0. The highest BCUT2D eigenvalue weighted by atomic mass is 32.1. The minimum Gasteiger partial charge on any atom is -0.463 e. The summed E-state index contributed by atoms with van der Waals surface area (Å²) >= 11 is 1.65. The third-order valence-corrected chi connectivity index (χ3v) is 2.68. The van der Waals surface area contributed by atoms with Crippen LogP contribution in [-0.2, 0) is 0 Å². The van der Waals surface area contributed by atoms with Crippen LogP contribution in [0.3, 0.4) is 0 Å². The molecule has 0 amide bonds. The molecule has 0 radical (unpaired) electrons. The van der Waals surface area contributed by atoms with Gasteiger partial charge in [-0.2, -0.15) is 0 Å². The summed E-state index contributed by atoms with van der Waals surface area (Å²) in [6.07, 6.45) is 1.67. The Balaban J connectivity index is 2.62. The van der Waals surface area contributed by atoms with Crippen LogP contribution in [0.5, 0.6) is 0 Å². The molecule has 0 spiro atoms. The van der Waals surface area contributed by atoms with Crippen molar-refractivity contribution < 1.29 is 4.42 Å². The zero-order valence-corrected chi connectivity index (χ0v) is 6.97. The lowest BCUT2D eigenvalue weighted by Crippen LogP contribution is -1.71. The highest BCUT2D eigenvalue weighted by molar-refractivity contribution is 7.16. The van der Waals surface area contributed by atoms with Crippen molar-refractivity contribution in [3.63, 3.8) is 0 Å². The molecule has 3 heteroatoms. The Kier molecular flexibility index (Phi) is 1.07. The van der Waals surface area contributed by atoms with Crippen LogP contribution < -0.4 is 0 Å². The number of hydrogen-bond acceptors (Lipinski definition) is 3. The number of nitrogens with zero attached hydrogens (tertiary/aromatic N) is 1. The third-order valence-electron chi connectivity index (χ3n) is 1.86. The van der Waals surface area contributed by atoms with Gasteiger partial charge in [0.2, 0.25) is 0 Å². The maximum atomic E-state index is 5.24. The Morgan fingerprint density at radius 2 is 2.33 bits per heavy atom. The van der Waals surface area contributed by atoms with Gasteiger partial charge in [0.25, 0.3) is 0 Å². The van der Waals surface area contributed by atoms with Gasteiger partial charge in [-0.25, -0.2) is 4.98 Å². The first-order chi connectivity index (χ1) is 5.93. The van der Waals surface area contributed by atoms with Crippen molar-refractivity contribution in [1.82, 2.24) is 4.98 Å². The molecule has 0 unspecified atom stereocenters. The molecular weight excluding hydrogens is 170 g/mol. The fraction of sp³-hybridized carbons (Fsp3) is 0. The van der Waals surface area contributed by atoms with Gasteiger partial charge in [0.05, 0.1) is 6.26 Å². The van der Waals surface area contributed by atoms with Crippen molar-refractivity contribution in [2.45, 2.75) is 0 Å². The smallest absolute Gasteiger partial charge is 0.152 e. The Morgan fingerprint density at radius 3 is 3.33 bits per heavy atom. The summed E-state index contributed by atoms with van der Waals surface area (Å²) in [6.45, 7) is 0. The van der Waals surface area contributed by atoms with Crippen molar-refractivity contribution >= 4 is 32.7 Å². The Morgan fingerprint density at radius 1 is 1.33 bits per heavy atom. The number of furan rings is 1. The molecule has 58 valence electrons. The van der Waals surface area contributed by atoms with Gasteiger partial charge in [-0.3, -0.25) is 0 Å². The fourth-order valence-electron chi connectivity index (χ4n) is 1.28. The number of thiophene rings is 1. The fourth-order valence-corrected chi connectivity index (χ4v) is 2.03. The molecule has 2 nitrogen and oxygen atoms in total. The van der Waals surface area contributed by atoms with Crippen molar-refractivity contribution in [2.24, 2.45) is 0 Å². The van der Waals surface area contributed by atoms with Gasteiger partial charge in [0.1, 0.15) is 10.3 Å². The van der Waals surface area contributed by atoms with E-state index in [0.29, 0.717) is 0 Å². The van der Waals surface area contributed by atoms with E-state index in [1.165, 1.54) is 0 Å². The van der Waals surface area contributed by atoms with Gasteiger partial charge in [0, 0.05) is 11.5 Å². The van der Waals surface area contributed by atoms with Gasteiger partial charge >= 0.3 is 0 Å². The van der Waals surface area contributed by atoms with Crippen LogP contribution >= 0.6 is 11.3 Å². The van der Waals surface area contributed by atoms with E-state index in [1.807, 2.05) is 17.5 Å². The van der Waals surface area contributed by atoms with Crippen LogP contribution in [0.2, 0.25) is 0 Å². The molecule has 3 aromatic heterocycles. The second-order valence-electron chi connectivity index (χ2n) is 2.61. The monoisotopic (exact) mass is 175 g/mol. The van der Waals surface area contributed by atoms with Crippen LogP contribution in [0.1, 0.15) is 0 Å². The molecule has 0 aliphatic heterocycles. The van der Waals surface area contributed by atoms with E-state index in [4.69, 9.17) is 4.42 Å². The molecule has 0 atom stereocenters. The Labute approximate surface area is 72.4 Å². The average molecular weight is 175 g/mol. The molecule has 0 fully saturated rings. The summed E-state index contributed by atoms with van der Waals surface area (Å²) in [5, 5.41) is 3.19. The second-order valence-corrected chi connectivity index (χ2v) is 3.50. The summed E-state index contributed by atoms with van der Waals surface area (Å²) in [6, 6.07) is 5.96. The zero-order valence-electron chi connectivity index (χ0n) is 6.15. The predicted octanol–water partition coefficient (Wildman–Crippen LogP) is 3.04. The lowest BCUT2D eigenvalue weighted by molar-refractivity contribution is 0.616. The first-order valence-electron chi connectivity index (χ1n) is 3.65. The number of aromatic nitrogens is 1. The highest BCUT2D eigenvalue weighted by Gasteiger charge is 2.01. The lowest BCUT2D eigenvalue weighted by atomic mass is 10.3. The van der Waals surface area contributed by atoms with E-state index in [-0.39, 0.29) is 0 Å². The summed E-state index contributed by atoms with van der Waals surface area (Å²) < 4.78 is 5.24. The van der Waals surface area contributed by atoms with Crippen LogP contribution in [0.4, 0.5) is 0 Å². The van der Waals surface area contributed by atoms with Crippen molar-refractivity contribution in [1.29, 1.82) is 0 Å². The largest absolute Gasteiger partial charge is 0.463 e. The molecule has 3 rings (SSSR count). The van der Waals surface area contributed by atoms with Crippen LogP contribution in [0, 0.1) is 0 Å². The van der Waals surface area contributed by atoms with E-state index in [2.05, 4.69) is 11.1 Å². The molecule has 0 bridgehead atoms. The van der Waals surface area contributed by atoms with Crippen LogP contribution in [0.25, 0.3) is 21.3 Å². The lowest BCUT2D eigenvalue weighted by Gasteiger charge is -1.87. The Bertz CT molecular complexity index is 446. The first kappa shape index (κ1) is 6.20. The molecule has 0 N–H and O–H groups in total. The molecule has 0 aliphatic rings. The molecule has 0 aliphatic carbocycles. The molecular formula is C9H5NOS. The number of pyridine rings is 1. The molecule has 0 aromatic carbocycles. The van der Waals surface area contributed by atoms with Gasteiger partial charge < -0.3 is 4.42 Å². The average Bonchev–Trinajstić information content (AvgIpc) is 2.64. The van der Waals surface area contributed by atoms with Crippen molar-refractivity contribution in [2.75, 3.05) is 0 Å². The molecule has 0 saturated heterocycles. The van der Waals surface area contributed by atoms with E-state index >= 15 is 0 Å². The van der Waals surface area contributed by atoms with E-state index in [0.717, 1.165) is 21.3 Å². The van der Waals surface area contributed by atoms with Gasteiger partial charge in [0.15, 0.2) is 5.58 Å². The third kappa shape index (κ3) is 0.713. The summed E-state index contributed by atoms with van der Waals surface area (Å²) in [7, 11) is 0. The molecule has 3 heterocycles. The predicted molar refractivity (Wildman–Crippen MR) is 49.4 cm³/mol. The van der Waals surface area contributed by atoms with Crippen molar-refractivity contribution in [3.8, 4) is 0 Å². The van der Waals surface area contributed by atoms with Gasteiger partial charge in [-0.15, -0.1) is 11.3 Å². The molecule has 3 aromatic rings. The summed E-state index contributed by atoms with van der Waals surface area (Å²) in [5.41, 5.74) is 1.80. The normalized spacial score (nSPS) is 11.3. The summed E-state index contributed by atoms with van der Waals surface area (Å²) in [4.78, 5) is 5.50. The zero-order chi connectivity index (χ0) is 7.97. The second kappa shape index (κ2) is 2.08. The van der Waals surface area contributed by atoms with Crippen LogP contribution in [0.15, 0.2) is 34.3 Å². The quantitative estimate of drug-likeness (QED) is 0.525. The number of fused-ring (bicyclic) bond motifs is 2.